The van der Waals surface area contributed by atoms with Crippen LogP contribution in [0.3, 0.4) is 0 Å². The summed E-state index contributed by atoms with van der Waals surface area (Å²) in [5.41, 5.74) is 2.86. The minimum absolute atomic E-state index is 0.106. The zero-order valence-electron chi connectivity index (χ0n) is 26.4. The molecule has 0 spiro atoms. The molecule has 0 nitrogen and oxygen atoms in total. The van der Waals surface area contributed by atoms with E-state index >= 15 is 0 Å². The van der Waals surface area contributed by atoms with Gasteiger partial charge in [-0.1, -0.05) is 0 Å². The van der Waals surface area contributed by atoms with Crippen LogP contribution in [0.5, 0.6) is 0 Å². The average Bonchev–Trinajstić information content (AvgIpc) is 3.17. The molecule has 0 atom stereocenters. The Balaban J connectivity index is 0.00000122. The Hall–Kier alpha value is -2.84. The van der Waals surface area contributed by atoms with Crippen molar-refractivity contribution in [3.05, 3.63) is 194 Å². The quantitative estimate of drug-likeness (QED) is 0.142. The molecule has 0 heterocycles. The number of hydrogen-bond donors (Lipinski definition) is 0. The van der Waals surface area contributed by atoms with Crippen molar-refractivity contribution in [1.82, 2.24) is 0 Å². The second-order valence-electron chi connectivity index (χ2n) is 11.4. The molecule has 0 aliphatic rings. The van der Waals surface area contributed by atoms with Crippen LogP contribution in [0.4, 0.5) is 0 Å². The van der Waals surface area contributed by atoms with Gasteiger partial charge in [0, 0.05) is 0 Å². The number of fused-ring (bicyclic) bond motifs is 2. The molecule has 0 radical (unpaired) electrons. The number of hydrogen-bond acceptors (Lipinski definition) is 0. The molecule has 0 unspecified atom stereocenters. The molecule has 0 aliphatic heterocycles. The van der Waals surface area contributed by atoms with Gasteiger partial charge in [-0.3, -0.25) is 0 Å². The molecular formula is C44H32Cl2PdSb2. The summed E-state index contributed by atoms with van der Waals surface area (Å²) in [6.07, 6.45) is 0. The van der Waals surface area contributed by atoms with Crippen molar-refractivity contribution in [2.75, 3.05) is 0 Å². The van der Waals surface area contributed by atoms with E-state index in [4.69, 9.17) is 19.1 Å². The fourth-order valence-corrected chi connectivity index (χ4v) is 20.7. The molecule has 0 saturated carbocycles. The minimum atomic E-state index is -2.51. The van der Waals surface area contributed by atoms with Crippen LogP contribution in [0.2, 0.25) is 0 Å². The van der Waals surface area contributed by atoms with Crippen molar-refractivity contribution in [2.45, 2.75) is 0 Å². The van der Waals surface area contributed by atoms with E-state index in [1.54, 1.807) is 0 Å². The van der Waals surface area contributed by atoms with Gasteiger partial charge in [0.1, 0.15) is 0 Å². The fraction of sp³-hybridized carbons (Fsp3) is 0. The van der Waals surface area contributed by atoms with Crippen LogP contribution in [-0.2, 0) is 15.9 Å². The first-order chi connectivity index (χ1) is 24.3. The SMILES string of the molecule is [Cl][Pd][Cl].c1cc[c]([Sb]([c]2ccccc2)[c]2ccc3ccccc3c2-c2[c]([Sb]([c]3ccccc3)[c]3ccccc3)ccc3ccccc23)cc1. The number of benzene rings is 8. The molecule has 0 fully saturated rings. The Kier molecular flexibility index (Phi) is 11.9. The van der Waals surface area contributed by atoms with Crippen molar-refractivity contribution in [3.8, 4) is 11.1 Å². The van der Waals surface area contributed by atoms with Gasteiger partial charge < -0.3 is 0 Å². The average molecular weight is 982 g/mol. The van der Waals surface area contributed by atoms with Crippen LogP contribution in [0.1, 0.15) is 0 Å². The van der Waals surface area contributed by atoms with Crippen molar-refractivity contribution >= 4 is 102 Å². The normalized spacial score (nSPS) is 11.2. The first kappa shape index (κ1) is 34.6. The number of halogens is 2. The van der Waals surface area contributed by atoms with Gasteiger partial charge in [0.25, 0.3) is 0 Å². The van der Waals surface area contributed by atoms with Crippen molar-refractivity contribution in [3.63, 3.8) is 0 Å². The van der Waals surface area contributed by atoms with Gasteiger partial charge in [0.2, 0.25) is 0 Å². The molecule has 49 heavy (non-hydrogen) atoms. The Labute approximate surface area is 319 Å². The van der Waals surface area contributed by atoms with Crippen molar-refractivity contribution < 1.29 is 15.9 Å². The van der Waals surface area contributed by atoms with Crippen LogP contribution in [0, 0.1) is 0 Å². The first-order valence-electron chi connectivity index (χ1n) is 15.9. The van der Waals surface area contributed by atoms with Gasteiger partial charge in [-0.2, -0.15) is 0 Å². The molecule has 0 bridgehead atoms. The van der Waals surface area contributed by atoms with E-state index in [1.807, 2.05) is 0 Å². The molecule has 8 aromatic rings. The fourth-order valence-electron chi connectivity index (χ4n) is 6.58. The van der Waals surface area contributed by atoms with Crippen LogP contribution >= 0.6 is 19.1 Å². The predicted molar refractivity (Wildman–Crippen MR) is 214 cm³/mol. The Bertz CT molecular complexity index is 2040. The van der Waals surface area contributed by atoms with Crippen molar-refractivity contribution in [2.24, 2.45) is 0 Å². The van der Waals surface area contributed by atoms with Gasteiger partial charge in [0.15, 0.2) is 0 Å². The molecule has 8 aromatic carbocycles. The number of rotatable bonds is 7. The summed E-state index contributed by atoms with van der Waals surface area (Å²) >= 11 is -5.13. The summed E-state index contributed by atoms with van der Waals surface area (Å²) in [4.78, 5) is 0. The van der Waals surface area contributed by atoms with Gasteiger partial charge in [-0.15, -0.1) is 0 Å². The van der Waals surface area contributed by atoms with E-state index in [9.17, 15) is 0 Å². The summed E-state index contributed by atoms with van der Waals surface area (Å²) in [5, 5.41) is 5.29. The van der Waals surface area contributed by atoms with Crippen molar-refractivity contribution in [1.29, 1.82) is 0 Å². The molecule has 0 aromatic heterocycles. The predicted octanol–water partition coefficient (Wildman–Crippen LogP) is 8.07. The summed E-state index contributed by atoms with van der Waals surface area (Å²) in [6.45, 7) is 0. The molecule has 5 heteroatoms. The third-order valence-corrected chi connectivity index (χ3v) is 22.8. The van der Waals surface area contributed by atoms with Crippen LogP contribution in [0.25, 0.3) is 32.7 Å². The zero-order valence-corrected chi connectivity index (χ0v) is 34.6. The molecule has 242 valence electrons. The molecule has 0 saturated heterocycles. The topological polar surface area (TPSA) is 0 Å². The Morgan fingerprint density at radius 1 is 0.306 bits per heavy atom. The molecule has 0 aliphatic carbocycles. The van der Waals surface area contributed by atoms with E-state index in [0.717, 1.165) is 0 Å². The monoisotopic (exact) mass is 978 g/mol. The van der Waals surface area contributed by atoms with E-state index in [1.165, 1.54) is 53.7 Å². The Morgan fingerprint density at radius 2 is 0.571 bits per heavy atom. The van der Waals surface area contributed by atoms with Gasteiger partial charge in [-0.25, -0.2) is 0 Å². The third kappa shape index (κ3) is 7.61. The van der Waals surface area contributed by atoms with Crippen LogP contribution in [0.15, 0.2) is 194 Å². The van der Waals surface area contributed by atoms with E-state index in [2.05, 4.69) is 194 Å². The van der Waals surface area contributed by atoms with Crippen LogP contribution < -0.4 is 21.1 Å². The molecule has 0 amide bonds. The standard InChI is InChI=1S/C20H12.4C6H5.2ClH.Pd.2Sb/c1-3-11-17-15(7-1)9-5-13-19(17)20-14-6-10-16-8-2-4-12-18(16)20;4*1-2-4-6-5-3-1;;;;;/h1-12H;4*1-5H;2*1H;;;/q;;;;;;;+2;;/p-2. The summed E-state index contributed by atoms with van der Waals surface area (Å²) in [7, 11) is 9.63. The van der Waals surface area contributed by atoms with E-state index in [0.29, 0.717) is 0 Å². The maximum atomic E-state index is 4.81. The van der Waals surface area contributed by atoms with E-state index < -0.39 is 40.4 Å². The zero-order chi connectivity index (χ0) is 33.4. The third-order valence-electron chi connectivity index (χ3n) is 8.60. The Morgan fingerprint density at radius 3 is 0.878 bits per heavy atom. The van der Waals surface area contributed by atoms with Gasteiger partial charge >= 0.3 is 323 Å². The van der Waals surface area contributed by atoms with Crippen LogP contribution in [-0.4, -0.2) is 40.4 Å². The summed E-state index contributed by atoms with van der Waals surface area (Å²) in [6, 6.07) is 73.1. The first-order valence-corrected chi connectivity index (χ1v) is 27.6. The summed E-state index contributed by atoms with van der Waals surface area (Å²) in [5.74, 6) is 0. The van der Waals surface area contributed by atoms with Gasteiger partial charge in [-0.05, 0) is 0 Å². The van der Waals surface area contributed by atoms with E-state index in [-0.39, 0.29) is 15.9 Å². The second-order valence-corrected chi connectivity index (χ2v) is 26.3. The molecule has 0 N–H and O–H groups in total. The molecule has 8 rings (SSSR count). The molecular weight excluding hydrogens is 949 g/mol. The maximum absolute atomic E-state index is 4.81. The second kappa shape index (κ2) is 16.9. The van der Waals surface area contributed by atoms with Gasteiger partial charge in [0.05, 0.1) is 0 Å². The summed E-state index contributed by atoms with van der Waals surface area (Å²) < 4.78 is 8.99.